The summed E-state index contributed by atoms with van der Waals surface area (Å²) in [6.07, 6.45) is 2.73. The van der Waals surface area contributed by atoms with E-state index in [0.717, 1.165) is 12.1 Å². The van der Waals surface area contributed by atoms with Crippen molar-refractivity contribution in [1.29, 1.82) is 0 Å². The summed E-state index contributed by atoms with van der Waals surface area (Å²) in [6.45, 7) is 1.66. The molecule has 1 atom stereocenters. The number of hydrogen-bond acceptors (Lipinski definition) is 6. The molecular weight excluding hydrogens is 350 g/mol. The highest BCUT2D eigenvalue weighted by molar-refractivity contribution is 7.92. The molecule has 0 radical (unpaired) electrons. The minimum absolute atomic E-state index is 0.245. The van der Waals surface area contributed by atoms with Gasteiger partial charge in [-0.05, 0) is 24.3 Å². The van der Waals surface area contributed by atoms with Gasteiger partial charge in [-0.1, -0.05) is 11.2 Å². The van der Waals surface area contributed by atoms with Crippen LogP contribution in [-0.2, 0) is 15.5 Å². The maximum absolute atomic E-state index is 13.7. The normalized spacial score (nSPS) is 13.4. The molecule has 2 aromatic heterocycles. The molecule has 1 unspecified atom stereocenters. The van der Waals surface area contributed by atoms with Crippen LogP contribution in [0.5, 0.6) is 0 Å². The predicted octanol–water partition coefficient (Wildman–Crippen LogP) is 3.65. The number of benzene rings is 1. The van der Waals surface area contributed by atoms with Gasteiger partial charge in [-0.15, -0.1) is 0 Å². The Bertz CT molecular complexity index is 1000. The maximum Gasteiger partial charge on any atom is 0.223 e. The van der Waals surface area contributed by atoms with Crippen LogP contribution in [-0.4, -0.2) is 25.6 Å². The average Bonchev–Trinajstić information content (AvgIpc) is 2.98. The summed E-state index contributed by atoms with van der Waals surface area (Å²) in [6, 6.07) is 6.68. The molecule has 1 aromatic carbocycles. The maximum atomic E-state index is 13.7. The van der Waals surface area contributed by atoms with Gasteiger partial charge >= 0.3 is 0 Å². The first kappa shape index (κ1) is 17.2. The van der Waals surface area contributed by atoms with Gasteiger partial charge in [0.1, 0.15) is 17.3 Å². The lowest BCUT2D eigenvalue weighted by Gasteiger charge is -2.07. The van der Waals surface area contributed by atoms with E-state index in [1.54, 1.807) is 19.1 Å². The molecule has 3 rings (SSSR count). The van der Waals surface area contributed by atoms with Crippen molar-refractivity contribution >= 4 is 15.4 Å². The Labute approximate surface area is 143 Å². The predicted molar refractivity (Wildman–Crippen MR) is 88.5 cm³/mol. The van der Waals surface area contributed by atoms with Crippen molar-refractivity contribution in [1.82, 2.24) is 15.1 Å². The molecule has 3 aromatic rings. The van der Waals surface area contributed by atoms with Crippen LogP contribution >= 0.6 is 0 Å². The Balaban J connectivity index is 1.87. The van der Waals surface area contributed by atoms with Crippen molar-refractivity contribution in [2.75, 3.05) is 6.26 Å². The SMILES string of the molecule is Cc1nc(-c2ccc(N=S(C)(=O)Cc3c(F)cccc3F)cn2)no1. The molecule has 0 fully saturated rings. The van der Waals surface area contributed by atoms with Crippen molar-refractivity contribution in [3.63, 3.8) is 0 Å². The van der Waals surface area contributed by atoms with Crippen LogP contribution < -0.4 is 0 Å². The van der Waals surface area contributed by atoms with Crippen LogP contribution in [0.2, 0.25) is 0 Å². The fourth-order valence-corrected chi connectivity index (χ4v) is 3.60. The van der Waals surface area contributed by atoms with Gasteiger partial charge in [0.25, 0.3) is 0 Å². The zero-order valence-corrected chi connectivity index (χ0v) is 14.3. The smallest absolute Gasteiger partial charge is 0.223 e. The molecule has 6 nitrogen and oxygen atoms in total. The number of halogens is 2. The Morgan fingerprint density at radius 3 is 2.48 bits per heavy atom. The van der Waals surface area contributed by atoms with Crippen LogP contribution in [0.1, 0.15) is 11.5 Å². The van der Waals surface area contributed by atoms with E-state index >= 15 is 0 Å². The minimum Gasteiger partial charge on any atom is -0.339 e. The minimum atomic E-state index is -2.90. The third-order valence-corrected chi connectivity index (χ3v) is 4.70. The molecule has 0 saturated carbocycles. The number of aromatic nitrogens is 3. The summed E-state index contributed by atoms with van der Waals surface area (Å²) >= 11 is 0. The largest absolute Gasteiger partial charge is 0.339 e. The summed E-state index contributed by atoms with van der Waals surface area (Å²) in [7, 11) is -2.90. The van der Waals surface area contributed by atoms with Crippen molar-refractivity contribution < 1.29 is 17.5 Å². The Morgan fingerprint density at radius 2 is 1.92 bits per heavy atom. The van der Waals surface area contributed by atoms with Crippen LogP contribution in [0.25, 0.3) is 11.5 Å². The Morgan fingerprint density at radius 1 is 1.20 bits per heavy atom. The van der Waals surface area contributed by atoms with E-state index in [4.69, 9.17) is 4.52 Å². The summed E-state index contributed by atoms with van der Waals surface area (Å²) in [4.78, 5) is 8.19. The Kier molecular flexibility index (Phi) is 4.58. The van der Waals surface area contributed by atoms with E-state index in [0.29, 0.717) is 23.1 Å². The zero-order valence-electron chi connectivity index (χ0n) is 13.4. The van der Waals surface area contributed by atoms with Gasteiger partial charge in [-0.25, -0.2) is 13.0 Å². The number of rotatable bonds is 4. The number of pyridine rings is 1. The monoisotopic (exact) mass is 364 g/mol. The van der Waals surface area contributed by atoms with Gasteiger partial charge < -0.3 is 4.52 Å². The second-order valence-corrected chi connectivity index (χ2v) is 7.82. The topological polar surface area (TPSA) is 81.2 Å². The van der Waals surface area contributed by atoms with Crippen LogP contribution in [0.3, 0.4) is 0 Å². The fraction of sp³-hybridized carbons (Fsp3) is 0.188. The highest BCUT2D eigenvalue weighted by atomic mass is 32.2. The van der Waals surface area contributed by atoms with Crippen LogP contribution in [0, 0.1) is 18.6 Å². The summed E-state index contributed by atoms with van der Waals surface area (Å²) in [5, 5.41) is 3.75. The standard InChI is InChI=1S/C16H14F2N4O2S/c1-10-20-16(21-24-10)15-7-6-11(8-19-15)22-25(2,23)9-12-13(17)4-3-5-14(12)18/h3-8H,9H2,1-2H3. The highest BCUT2D eigenvalue weighted by Gasteiger charge is 2.14. The molecule has 0 aliphatic rings. The van der Waals surface area contributed by atoms with E-state index in [-0.39, 0.29) is 11.3 Å². The van der Waals surface area contributed by atoms with Crippen molar-refractivity contribution in [2.45, 2.75) is 12.7 Å². The summed E-state index contributed by atoms with van der Waals surface area (Å²) in [5.74, 6) is -1.09. The van der Waals surface area contributed by atoms with Crippen LogP contribution in [0.15, 0.2) is 45.4 Å². The zero-order chi connectivity index (χ0) is 18.0. The number of aryl methyl sites for hydroxylation is 1. The van der Waals surface area contributed by atoms with Crippen molar-refractivity contribution in [3.05, 3.63) is 59.6 Å². The second-order valence-electron chi connectivity index (χ2n) is 5.43. The molecule has 0 aliphatic carbocycles. The van der Waals surface area contributed by atoms with Gasteiger partial charge in [0, 0.05) is 18.7 Å². The van der Waals surface area contributed by atoms with E-state index < -0.39 is 21.4 Å². The lowest BCUT2D eigenvalue weighted by Crippen LogP contribution is -2.05. The Hall–Kier alpha value is -2.68. The summed E-state index contributed by atoms with van der Waals surface area (Å²) in [5.41, 5.74) is 0.553. The van der Waals surface area contributed by atoms with Gasteiger partial charge in [-0.3, -0.25) is 4.98 Å². The first-order valence-electron chi connectivity index (χ1n) is 7.23. The van der Waals surface area contributed by atoms with E-state index in [9.17, 15) is 13.0 Å². The first-order chi connectivity index (χ1) is 11.8. The number of hydrogen-bond donors (Lipinski definition) is 0. The van der Waals surface area contributed by atoms with Gasteiger partial charge in [0.05, 0.1) is 27.4 Å². The molecule has 25 heavy (non-hydrogen) atoms. The van der Waals surface area contributed by atoms with E-state index in [1.165, 1.54) is 18.5 Å². The third kappa shape index (κ3) is 4.05. The second kappa shape index (κ2) is 6.67. The van der Waals surface area contributed by atoms with Gasteiger partial charge in [0.15, 0.2) is 0 Å². The molecule has 0 spiro atoms. The fourth-order valence-electron chi connectivity index (χ4n) is 2.17. The highest BCUT2D eigenvalue weighted by Crippen LogP contribution is 2.21. The van der Waals surface area contributed by atoms with Crippen molar-refractivity contribution in [2.24, 2.45) is 4.36 Å². The van der Waals surface area contributed by atoms with Crippen LogP contribution in [0.4, 0.5) is 14.5 Å². The summed E-state index contributed by atoms with van der Waals surface area (Å²) < 4.78 is 49.0. The van der Waals surface area contributed by atoms with E-state index in [2.05, 4.69) is 19.5 Å². The molecule has 9 heteroatoms. The molecule has 130 valence electrons. The number of nitrogens with zero attached hydrogens (tertiary/aromatic N) is 4. The third-order valence-electron chi connectivity index (χ3n) is 3.28. The van der Waals surface area contributed by atoms with Gasteiger partial charge in [-0.2, -0.15) is 9.35 Å². The lowest BCUT2D eigenvalue weighted by molar-refractivity contribution is 0.394. The molecule has 0 saturated heterocycles. The lowest BCUT2D eigenvalue weighted by atomic mass is 10.2. The van der Waals surface area contributed by atoms with E-state index in [1.807, 2.05) is 0 Å². The quantitative estimate of drug-likeness (QED) is 0.706. The average molecular weight is 364 g/mol. The molecular formula is C16H14F2N4O2S. The molecule has 0 N–H and O–H groups in total. The molecule has 0 bridgehead atoms. The van der Waals surface area contributed by atoms with Crippen molar-refractivity contribution in [3.8, 4) is 11.5 Å². The first-order valence-corrected chi connectivity index (χ1v) is 9.33. The molecule has 2 heterocycles. The van der Waals surface area contributed by atoms with Gasteiger partial charge in [0.2, 0.25) is 11.7 Å². The molecule has 0 aliphatic heterocycles. The molecule has 0 amide bonds.